The lowest BCUT2D eigenvalue weighted by Gasteiger charge is -2.23. The Kier molecular flexibility index (Phi) is 6.45. The van der Waals surface area contributed by atoms with Crippen molar-refractivity contribution in [1.82, 2.24) is 0 Å². The van der Waals surface area contributed by atoms with Crippen LogP contribution in [0.3, 0.4) is 0 Å². The maximum Gasteiger partial charge on any atom is 0.349 e. The summed E-state index contributed by atoms with van der Waals surface area (Å²) in [7, 11) is 0. The van der Waals surface area contributed by atoms with Gasteiger partial charge < -0.3 is 15.4 Å². The summed E-state index contributed by atoms with van der Waals surface area (Å²) in [5, 5.41) is 10.5. The van der Waals surface area contributed by atoms with Crippen LogP contribution in [0.5, 0.6) is 0 Å². The number of para-hydroxylation sites is 1. The number of hydrogen-bond donors (Lipinski definition) is 1. The quantitative estimate of drug-likeness (QED) is 0.453. The third-order valence-corrected chi connectivity index (χ3v) is 6.00. The van der Waals surface area contributed by atoms with E-state index in [-0.39, 0.29) is 18.6 Å². The number of fused-ring (bicyclic) bond motifs is 1. The first-order valence-electron chi connectivity index (χ1n) is 9.54. The molecule has 150 valence electrons. The fourth-order valence-electron chi connectivity index (χ4n) is 3.54. The maximum atomic E-state index is 12.2. The number of carbonyl (C=O) groups excluding carboxylic acids is 2. The molecule has 0 saturated heterocycles. The van der Waals surface area contributed by atoms with E-state index in [0.717, 1.165) is 22.8 Å². The zero-order chi connectivity index (χ0) is 21.0. The smallest absolute Gasteiger partial charge is 0.349 e. The average molecular weight is 410 g/mol. The first kappa shape index (κ1) is 20.7. The lowest BCUT2D eigenvalue weighted by atomic mass is 9.83. The van der Waals surface area contributed by atoms with Crippen LogP contribution in [0, 0.1) is 17.2 Å². The number of carbonyl (C=O) groups is 2. The molecule has 6 nitrogen and oxygen atoms in total. The van der Waals surface area contributed by atoms with Crippen molar-refractivity contribution in [3.63, 3.8) is 0 Å². The minimum atomic E-state index is -0.670. The van der Waals surface area contributed by atoms with Crippen LogP contribution < -0.4 is 10.6 Å². The molecule has 1 aromatic carbocycles. The molecule has 1 unspecified atom stereocenters. The monoisotopic (exact) mass is 409 g/mol. The van der Waals surface area contributed by atoms with Crippen LogP contribution >= 0.6 is 11.8 Å². The van der Waals surface area contributed by atoms with Crippen molar-refractivity contribution in [2.45, 2.75) is 31.6 Å². The van der Waals surface area contributed by atoms with E-state index in [0.29, 0.717) is 12.0 Å². The summed E-state index contributed by atoms with van der Waals surface area (Å²) in [4.78, 5) is 27.5. The largest absolute Gasteiger partial charge is 0.462 e. The van der Waals surface area contributed by atoms with Crippen LogP contribution in [0.2, 0.25) is 0 Å². The highest BCUT2D eigenvalue weighted by Gasteiger charge is 2.29. The highest BCUT2D eigenvalue weighted by atomic mass is 32.2. The molecule has 1 atom stereocenters. The Morgan fingerprint density at radius 3 is 2.76 bits per heavy atom. The van der Waals surface area contributed by atoms with Gasteiger partial charge in [0.05, 0.1) is 17.3 Å². The molecule has 0 saturated carbocycles. The van der Waals surface area contributed by atoms with Crippen molar-refractivity contribution in [2.75, 3.05) is 18.1 Å². The van der Waals surface area contributed by atoms with Crippen LogP contribution in [-0.4, -0.2) is 25.0 Å². The number of rotatable bonds is 5. The summed E-state index contributed by atoms with van der Waals surface area (Å²) in [6.45, 7) is 4.75. The molecule has 1 aliphatic carbocycles. The Bertz CT molecular complexity index is 972. The molecule has 0 aromatic heterocycles. The fourth-order valence-corrected chi connectivity index (χ4v) is 4.74. The molecule has 2 N–H and O–H groups in total. The molecule has 1 aromatic rings. The highest BCUT2D eigenvalue weighted by molar-refractivity contribution is 8.03. The van der Waals surface area contributed by atoms with E-state index in [2.05, 4.69) is 24.0 Å². The van der Waals surface area contributed by atoms with E-state index in [4.69, 9.17) is 10.5 Å². The normalized spacial score (nSPS) is 21.3. The molecule has 1 amide bonds. The minimum absolute atomic E-state index is 0.0663. The van der Waals surface area contributed by atoms with Gasteiger partial charge in [-0.3, -0.25) is 4.79 Å². The lowest BCUT2D eigenvalue weighted by Crippen LogP contribution is -2.27. The van der Waals surface area contributed by atoms with E-state index >= 15 is 0 Å². The maximum absolute atomic E-state index is 12.2. The number of hydrogen-bond acceptors (Lipinski definition) is 6. The van der Waals surface area contributed by atoms with Gasteiger partial charge in [-0.25, -0.2) is 4.79 Å². The number of nitriles is 1. The second-order valence-electron chi connectivity index (χ2n) is 6.76. The first-order valence-corrected chi connectivity index (χ1v) is 10.4. The van der Waals surface area contributed by atoms with Crippen molar-refractivity contribution in [3.05, 3.63) is 58.2 Å². The standard InChI is InChI=1S/C22H23N3O3S/c1-3-25-18-7-5-6-8-19(18)29-20(25)11-14-9-15(12-16(10-14)21(24)26)17(13-23)22(27)28-4-2/h5-9,11,16H,3-4,10,12H2,1-2H3,(H2,24,26)/b17-15+,20-11-. The first-order chi connectivity index (χ1) is 14.0. The van der Waals surface area contributed by atoms with Gasteiger partial charge in [-0.05, 0) is 56.0 Å². The van der Waals surface area contributed by atoms with Crippen molar-refractivity contribution in [1.29, 1.82) is 5.26 Å². The third kappa shape index (κ3) is 4.38. The molecule has 1 heterocycles. The Hall–Kier alpha value is -2.98. The average Bonchev–Trinajstić information content (AvgIpc) is 3.05. The van der Waals surface area contributed by atoms with E-state index in [9.17, 15) is 14.9 Å². The Labute approximate surface area is 174 Å². The molecule has 1 aliphatic heterocycles. The van der Waals surface area contributed by atoms with Gasteiger partial charge in [-0.2, -0.15) is 5.26 Å². The summed E-state index contributed by atoms with van der Waals surface area (Å²) in [5.41, 5.74) is 8.01. The zero-order valence-corrected chi connectivity index (χ0v) is 17.3. The molecule has 0 bridgehead atoms. The van der Waals surface area contributed by atoms with Gasteiger partial charge in [0.25, 0.3) is 0 Å². The summed E-state index contributed by atoms with van der Waals surface area (Å²) in [5.74, 6) is -1.58. The van der Waals surface area contributed by atoms with Crippen LogP contribution in [-0.2, 0) is 14.3 Å². The van der Waals surface area contributed by atoms with Gasteiger partial charge in [0.15, 0.2) is 0 Å². The number of nitrogens with zero attached hydrogens (tertiary/aromatic N) is 2. The zero-order valence-electron chi connectivity index (χ0n) is 16.5. The van der Waals surface area contributed by atoms with Gasteiger partial charge in [-0.1, -0.05) is 30.0 Å². The fraction of sp³-hybridized carbons (Fsp3) is 0.318. The van der Waals surface area contributed by atoms with E-state index in [1.54, 1.807) is 18.7 Å². The number of anilines is 1. The molecule has 0 spiro atoms. The Balaban J connectivity index is 2.02. The van der Waals surface area contributed by atoms with E-state index in [1.165, 1.54) is 4.90 Å². The van der Waals surface area contributed by atoms with Crippen LogP contribution in [0.25, 0.3) is 0 Å². The lowest BCUT2D eigenvalue weighted by molar-refractivity contribution is -0.138. The summed E-state index contributed by atoms with van der Waals surface area (Å²) in [6.07, 6.45) is 4.57. The van der Waals surface area contributed by atoms with Crippen molar-refractivity contribution in [2.24, 2.45) is 11.7 Å². The Morgan fingerprint density at radius 1 is 1.34 bits per heavy atom. The molecule has 29 heavy (non-hydrogen) atoms. The number of ether oxygens (including phenoxy) is 1. The number of allylic oxidation sites excluding steroid dienone is 4. The number of nitrogens with two attached hydrogens (primary N) is 1. The van der Waals surface area contributed by atoms with Gasteiger partial charge in [0, 0.05) is 17.4 Å². The van der Waals surface area contributed by atoms with Gasteiger partial charge in [-0.15, -0.1) is 0 Å². The van der Waals surface area contributed by atoms with Crippen molar-refractivity contribution >= 4 is 29.3 Å². The number of thioether (sulfide) groups is 1. The Morgan fingerprint density at radius 2 is 2.10 bits per heavy atom. The molecular formula is C22H23N3O3S. The summed E-state index contributed by atoms with van der Waals surface area (Å²) in [6, 6.07) is 10.1. The van der Waals surface area contributed by atoms with Gasteiger partial charge in [0.1, 0.15) is 11.6 Å². The van der Waals surface area contributed by atoms with Gasteiger partial charge >= 0.3 is 5.97 Å². The van der Waals surface area contributed by atoms with Gasteiger partial charge in [0.2, 0.25) is 5.91 Å². The highest BCUT2D eigenvalue weighted by Crippen LogP contribution is 2.46. The molecule has 0 fully saturated rings. The third-order valence-electron chi connectivity index (χ3n) is 4.88. The second kappa shape index (κ2) is 9.01. The number of esters is 1. The molecule has 0 radical (unpaired) electrons. The topological polar surface area (TPSA) is 96.4 Å². The number of primary amides is 1. The predicted molar refractivity (Wildman–Crippen MR) is 113 cm³/mol. The van der Waals surface area contributed by atoms with Crippen LogP contribution in [0.1, 0.15) is 26.7 Å². The summed E-state index contributed by atoms with van der Waals surface area (Å²) < 4.78 is 5.00. The molecular weight excluding hydrogens is 386 g/mol. The van der Waals surface area contributed by atoms with E-state index < -0.39 is 17.8 Å². The van der Waals surface area contributed by atoms with E-state index in [1.807, 2.05) is 30.4 Å². The second-order valence-corrected chi connectivity index (χ2v) is 7.82. The van der Waals surface area contributed by atoms with Crippen molar-refractivity contribution < 1.29 is 14.3 Å². The molecule has 2 aliphatic rings. The molecule has 7 heteroatoms. The predicted octanol–water partition coefficient (Wildman–Crippen LogP) is 3.66. The van der Waals surface area contributed by atoms with Crippen LogP contribution in [0.15, 0.2) is 63.1 Å². The minimum Gasteiger partial charge on any atom is -0.462 e. The summed E-state index contributed by atoms with van der Waals surface area (Å²) >= 11 is 1.66. The van der Waals surface area contributed by atoms with Crippen LogP contribution in [0.4, 0.5) is 5.69 Å². The molecule has 3 rings (SSSR count). The SMILES string of the molecule is CCOC(=O)/C(C#N)=C1C=C(/C=C2\Sc3ccccc3N2CC)CC(C(N)=O)C\1. The number of benzene rings is 1. The number of amides is 1. The van der Waals surface area contributed by atoms with Crippen molar-refractivity contribution in [3.8, 4) is 6.07 Å².